The second-order valence-corrected chi connectivity index (χ2v) is 9.78. The number of hydrogen-bond acceptors (Lipinski definition) is 2. The lowest BCUT2D eigenvalue weighted by atomic mass is 9.91. The zero-order valence-corrected chi connectivity index (χ0v) is 19.3. The summed E-state index contributed by atoms with van der Waals surface area (Å²) in [5.41, 5.74) is 4.84. The molecule has 1 saturated heterocycles. The predicted molar refractivity (Wildman–Crippen MR) is 126 cm³/mol. The number of para-hydroxylation sites is 1. The van der Waals surface area contributed by atoms with Crippen molar-refractivity contribution in [3.63, 3.8) is 0 Å². The second kappa shape index (κ2) is 7.80. The number of aryl methyl sites for hydroxylation is 1. The highest BCUT2D eigenvalue weighted by Crippen LogP contribution is 2.44. The maximum atomic E-state index is 13.7. The van der Waals surface area contributed by atoms with Crippen molar-refractivity contribution in [1.82, 2.24) is 14.8 Å². The smallest absolute Gasteiger partial charge is 0.255 e. The van der Waals surface area contributed by atoms with Crippen LogP contribution in [-0.4, -0.2) is 45.7 Å². The molecule has 2 amide bonds. The van der Waals surface area contributed by atoms with Gasteiger partial charge in [-0.3, -0.25) is 9.59 Å². The Kier molecular flexibility index (Phi) is 5.07. The molecule has 5 heteroatoms. The predicted octanol–water partition coefficient (Wildman–Crippen LogP) is 4.91. The number of carbonyl (C=O) groups excluding carboxylic acids is 2. The summed E-state index contributed by atoms with van der Waals surface area (Å²) in [4.78, 5) is 34.6. The van der Waals surface area contributed by atoms with Crippen LogP contribution in [0.5, 0.6) is 0 Å². The van der Waals surface area contributed by atoms with Crippen molar-refractivity contribution in [3.05, 3.63) is 70.9 Å². The van der Waals surface area contributed by atoms with E-state index in [-0.39, 0.29) is 17.9 Å². The average molecular weight is 430 g/mol. The molecule has 2 aromatic carbocycles. The first-order chi connectivity index (χ1) is 15.4. The van der Waals surface area contributed by atoms with Crippen LogP contribution in [0.4, 0.5) is 0 Å². The van der Waals surface area contributed by atoms with Crippen LogP contribution in [0.3, 0.4) is 0 Å². The van der Waals surface area contributed by atoms with Crippen LogP contribution in [0.1, 0.15) is 60.4 Å². The number of nitrogens with one attached hydrogen (secondary N) is 1. The van der Waals surface area contributed by atoms with Crippen LogP contribution < -0.4 is 0 Å². The van der Waals surface area contributed by atoms with Crippen LogP contribution >= 0.6 is 0 Å². The standard InChI is InChI=1S/C27H31N3O2/c1-16-13-17(2)15-29(14-16)26(31)19(4)30-25(20-9-5-6-10-21(20)27(30)32)24-18(3)28-23-12-8-7-11-22(23)24/h5-12,16-17,19,25,28H,13-15H2,1-4H3. The van der Waals surface area contributed by atoms with Gasteiger partial charge in [-0.15, -0.1) is 0 Å². The third-order valence-electron chi connectivity index (χ3n) is 7.17. The van der Waals surface area contributed by atoms with Crippen molar-refractivity contribution < 1.29 is 9.59 Å². The monoisotopic (exact) mass is 429 g/mol. The van der Waals surface area contributed by atoms with Crippen molar-refractivity contribution in [2.45, 2.75) is 46.2 Å². The fourth-order valence-electron chi connectivity index (χ4n) is 5.91. The van der Waals surface area contributed by atoms with E-state index in [0.29, 0.717) is 17.4 Å². The topological polar surface area (TPSA) is 56.4 Å². The maximum absolute atomic E-state index is 13.7. The molecule has 1 N–H and O–H groups in total. The van der Waals surface area contributed by atoms with Gasteiger partial charge in [-0.2, -0.15) is 0 Å². The lowest BCUT2D eigenvalue weighted by Crippen LogP contribution is -2.52. The summed E-state index contributed by atoms with van der Waals surface area (Å²) in [7, 11) is 0. The van der Waals surface area contributed by atoms with Crippen molar-refractivity contribution in [2.75, 3.05) is 13.1 Å². The Hall–Kier alpha value is -3.08. The molecule has 5 rings (SSSR count). The zero-order chi connectivity index (χ0) is 22.6. The van der Waals surface area contributed by atoms with Gasteiger partial charge in [-0.05, 0) is 49.8 Å². The number of aromatic nitrogens is 1. The molecule has 0 spiro atoms. The molecule has 3 aromatic rings. The van der Waals surface area contributed by atoms with Gasteiger partial charge in [0, 0.05) is 40.8 Å². The van der Waals surface area contributed by atoms with Gasteiger partial charge < -0.3 is 14.8 Å². The number of amides is 2. The van der Waals surface area contributed by atoms with Crippen molar-refractivity contribution >= 4 is 22.7 Å². The number of benzene rings is 2. The van der Waals surface area contributed by atoms with E-state index in [1.54, 1.807) is 0 Å². The Morgan fingerprint density at radius 1 is 1.03 bits per heavy atom. The number of rotatable bonds is 3. The summed E-state index contributed by atoms with van der Waals surface area (Å²) in [5, 5.41) is 1.10. The van der Waals surface area contributed by atoms with Gasteiger partial charge >= 0.3 is 0 Å². The SMILES string of the molecule is Cc1[nH]c2ccccc2c1C1c2ccccc2C(=O)N1C(C)C(=O)N1CC(C)CC(C)C1. The number of aromatic amines is 1. The highest BCUT2D eigenvalue weighted by atomic mass is 16.2. The van der Waals surface area contributed by atoms with E-state index in [4.69, 9.17) is 0 Å². The number of piperidine rings is 1. The van der Waals surface area contributed by atoms with Crippen molar-refractivity contribution in [3.8, 4) is 0 Å². The van der Waals surface area contributed by atoms with Crippen LogP contribution in [0, 0.1) is 18.8 Å². The maximum Gasteiger partial charge on any atom is 0.255 e. The van der Waals surface area contributed by atoms with E-state index in [2.05, 4.69) is 37.9 Å². The van der Waals surface area contributed by atoms with Crippen LogP contribution in [0.15, 0.2) is 48.5 Å². The minimum atomic E-state index is -0.537. The van der Waals surface area contributed by atoms with E-state index in [1.807, 2.05) is 53.1 Å². The first kappa shape index (κ1) is 20.8. The van der Waals surface area contributed by atoms with Crippen LogP contribution in [0.2, 0.25) is 0 Å². The molecule has 4 atom stereocenters. The van der Waals surface area contributed by atoms with Gasteiger partial charge in [0.05, 0.1) is 6.04 Å². The molecule has 32 heavy (non-hydrogen) atoms. The fraction of sp³-hybridized carbons (Fsp3) is 0.407. The van der Waals surface area contributed by atoms with Crippen molar-refractivity contribution in [1.29, 1.82) is 0 Å². The lowest BCUT2D eigenvalue weighted by Gasteiger charge is -2.39. The number of carbonyl (C=O) groups is 2. The zero-order valence-electron chi connectivity index (χ0n) is 19.3. The molecule has 0 bridgehead atoms. The number of H-pyrrole nitrogens is 1. The van der Waals surface area contributed by atoms with Gasteiger partial charge in [0.1, 0.15) is 6.04 Å². The summed E-state index contributed by atoms with van der Waals surface area (Å²) < 4.78 is 0. The van der Waals surface area contributed by atoms with E-state index >= 15 is 0 Å². The molecule has 5 nitrogen and oxygen atoms in total. The van der Waals surface area contributed by atoms with Gasteiger partial charge in [0.15, 0.2) is 0 Å². The Bertz CT molecular complexity index is 1190. The van der Waals surface area contributed by atoms with Gasteiger partial charge in [0.25, 0.3) is 5.91 Å². The molecule has 1 aromatic heterocycles. The molecule has 0 radical (unpaired) electrons. The van der Waals surface area contributed by atoms with E-state index in [9.17, 15) is 9.59 Å². The van der Waals surface area contributed by atoms with Gasteiger partial charge in [0.2, 0.25) is 5.91 Å². The highest BCUT2D eigenvalue weighted by Gasteiger charge is 2.45. The Balaban J connectivity index is 1.60. The first-order valence-electron chi connectivity index (χ1n) is 11.6. The Morgan fingerprint density at radius 2 is 1.69 bits per heavy atom. The molecule has 2 aliphatic heterocycles. The van der Waals surface area contributed by atoms with Gasteiger partial charge in [-0.25, -0.2) is 0 Å². The quantitative estimate of drug-likeness (QED) is 0.643. The normalized spacial score (nSPS) is 24.1. The molecule has 1 fully saturated rings. The second-order valence-electron chi connectivity index (χ2n) is 9.78. The largest absolute Gasteiger partial charge is 0.358 e. The van der Waals surface area contributed by atoms with Gasteiger partial charge in [-0.1, -0.05) is 50.2 Å². The summed E-state index contributed by atoms with van der Waals surface area (Å²) in [5.74, 6) is 0.947. The summed E-state index contributed by atoms with van der Waals surface area (Å²) >= 11 is 0. The molecule has 4 unspecified atom stereocenters. The minimum absolute atomic E-state index is 0.0482. The third kappa shape index (κ3) is 3.22. The van der Waals surface area contributed by atoms with Crippen LogP contribution in [0.25, 0.3) is 10.9 Å². The third-order valence-corrected chi connectivity index (χ3v) is 7.17. The molecule has 2 aliphatic rings. The fourth-order valence-corrected chi connectivity index (χ4v) is 5.91. The number of likely N-dealkylation sites (tertiary alicyclic amines) is 1. The highest BCUT2D eigenvalue weighted by molar-refractivity contribution is 6.03. The number of fused-ring (bicyclic) bond motifs is 2. The average Bonchev–Trinajstić information content (AvgIpc) is 3.25. The first-order valence-corrected chi connectivity index (χ1v) is 11.6. The Morgan fingerprint density at radius 3 is 2.44 bits per heavy atom. The summed E-state index contributed by atoms with van der Waals surface area (Å²) in [6, 6.07) is 15.2. The Labute approximate surface area is 189 Å². The molecular formula is C27H31N3O2. The van der Waals surface area contributed by atoms with E-state index in [1.165, 1.54) is 0 Å². The molecule has 0 aliphatic carbocycles. The van der Waals surface area contributed by atoms with E-state index in [0.717, 1.165) is 47.2 Å². The lowest BCUT2D eigenvalue weighted by molar-refractivity contribution is -0.138. The van der Waals surface area contributed by atoms with Crippen molar-refractivity contribution in [2.24, 2.45) is 11.8 Å². The molecular weight excluding hydrogens is 398 g/mol. The van der Waals surface area contributed by atoms with Crippen LogP contribution in [-0.2, 0) is 4.79 Å². The number of hydrogen-bond donors (Lipinski definition) is 1. The van der Waals surface area contributed by atoms with E-state index < -0.39 is 6.04 Å². The summed E-state index contributed by atoms with van der Waals surface area (Å²) in [6.07, 6.45) is 1.14. The minimum Gasteiger partial charge on any atom is -0.358 e. The summed E-state index contributed by atoms with van der Waals surface area (Å²) in [6.45, 7) is 9.89. The molecule has 166 valence electrons. The molecule has 0 saturated carbocycles. The molecule has 3 heterocycles. The number of nitrogens with zero attached hydrogens (tertiary/aromatic N) is 2.